The molecule has 0 aliphatic heterocycles. The predicted molar refractivity (Wildman–Crippen MR) is 32.4 cm³/mol. The third-order valence-electron chi connectivity index (χ3n) is 0.368. The Labute approximate surface area is 94.6 Å². The largest absolute Gasteiger partial charge is 1.00 e. The van der Waals surface area contributed by atoms with E-state index in [1.165, 1.54) is 0 Å². The molecule has 68 valence electrons. The van der Waals surface area contributed by atoms with Crippen LogP contribution in [0.25, 0.3) is 0 Å². The van der Waals surface area contributed by atoms with E-state index in [0.29, 0.717) is 12.2 Å². The molecule has 8 heteroatoms. The Bertz CT molecular complexity index is 189. The molecule has 0 radical (unpaired) electrons. The number of hydrogen-bond donors (Lipinski definition) is 3. The van der Waals surface area contributed by atoms with Crippen molar-refractivity contribution in [2.45, 2.75) is 0 Å². The van der Waals surface area contributed by atoms with Crippen molar-refractivity contribution in [3.05, 3.63) is 12.2 Å². The average Bonchev–Trinajstić information content (AvgIpc) is 1.82. The van der Waals surface area contributed by atoms with Gasteiger partial charge < -0.3 is 25.2 Å². The average molecular weight is 200 g/mol. The molecular formula is C5H5NaO7. The Morgan fingerprint density at radius 2 is 1.08 bits per heavy atom. The number of hydrogen-bond acceptors (Lipinski definition) is 4. The second-order valence-corrected chi connectivity index (χ2v) is 1.28. The first-order chi connectivity index (χ1) is 5.36. The van der Waals surface area contributed by atoms with E-state index in [9.17, 15) is 9.59 Å². The number of carbonyl (C=O) groups is 3. The Morgan fingerprint density at radius 1 is 0.923 bits per heavy atom. The zero-order chi connectivity index (χ0) is 10.1. The standard InChI is InChI=1S/C4H4O4.CH2O3.Na/c5-3(6)1-2-4(7)8;2-1(3)4;/h1-2H,(H,5,6)(H,7,8);(H2,2,3,4);/q;;+1/p-1/b2-1-;;. The van der Waals surface area contributed by atoms with Gasteiger partial charge in [0.05, 0.1) is 0 Å². The van der Waals surface area contributed by atoms with Crippen molar-refractivity contribution in [3.8, 4) is 0 Å². The molecule has 0 spiro atoms. The minimum absolute atomic E-state index is 0. The number of rotatable bonds is 2. The maximum Gasteiger partial charge on any atom is 1.00 e. The van der Waals surface area contributed by atoms with Gasteiger partial charge in [-0.2, -0.15) is 0 Å². The molecule has 0 aliphatic rings. The summed E-state index contributed by atoms with van der Waals surface area (Å²) in [4.78, 5) is 27.6. The Kier molecular flexibility index (Phi) is 15.1. The van der Waals surface area contributed by atoms with Gasteiger partial charge in [-0.05, 0) is 0 Å². The van der Waals surface area contributed by atoms with Gasteiger partial charge in [0, 0.05) is 12.2 Å². The van der Waals surface area contributed by atoms with Crippen LogP contribution < -0.4 is 34.7 Å². The topological polar surface area (TPSA) is 135 Å². The number of carboxylic acids is 2. The summed E-state index contributed by atoms with van der Waals surface area (Å²) in [5.41, 5.74) is 0. The van der Waals surface area contributed by atoms with Gasteiger partial charge in [0.1, 0.15) is 0 Å². The Hall–Kier alpha value is -1.05. The summed E-state index contributed by atoms with van der Waals surface area (Å²) in [5.74, 6) is -2.51. The first-order valence-corrected chi connectivity index (χ1v) is 2.40. The van der Waals surface area contributed by atoms with Crippen molar-refractivity contribution in [2.24, 2.45) is 0 Å². The summed E-state index contributed by atoms with van der Waals surface area (Å²) in [7, 11) is 0. The predicted octanol–water partition coefficient (Wildman–Crippen LogP) is -4.40. The van der Waals surface area contributed by atoms with Gasteiger partial charge in [-0.3, -0.25) is 0 Å². The van der Waals surface area contributed by atoms with Crippen LogP contribution in [0.4, 0.5) is 4.79 Å². The Balaban J connectivity index is -0.000000173. The van der Waals surface area contributed by atoms with E-state index >= 15 is 0 Å². The van der Waals surface area contributed by atoms with E-state index < -0.39 is 18.1 Å². The van der Waals surface area contributed by atoms with E-state index in [2.05, 4.69) is 0 Å². The van der Waals surface area contributed by atoms with Gasteiger partial charge in [-0.25, -0.2) is 9.59 Å². The fourth-order valence-electron chi connectivity index (χ4n) is 0.143. The van der Waals surface area contributed by atoms with Crippen LogP contribution in [0.5, 0.6) is 0 Å². The van der Waals surface area contributed by atoms with Crippen LogP contribution in [0.2, 0.25) is 0 Å². The van der Waals surface area contributed by atoms with Crippen molar-refractivity contribution in [1.29, 1.82) is 0 Å². The molecule has 0 bridgehead atoms. The first kappa shape index (κ1) is 17.9. The van der Waals surface area contributed by atoms with Crippen molar-refractivity contribution < 1.29 is 64.4 Å². The van der Waals surface area contributed by atoms with Crippen molar-refractivity contribution >= 4 is 18.1 Å². The fourth-order valence-corrected chi connectivity index (χ4v) is 0.143. The van der Waals surface area contributed by atoms with Crippen LogP contribution >= 0.6 is 0 Å². The molecule has 0 rings (SSSR count). The molecule has 0 atom stereocenters. The van der Waals surface area contributed by atoms with Crippen molar-refractivity contribution in [3.63, 3.8) is 0 Å². The molecule has 0 heterocycles. The number of carboxylic acid groups (broad SMARTS) is 4. The SMILES string of the molecule is O=C(O)/C=C\C(=O)O.O=C([O-])O.[Na+]. The molecular weight excluding hydrogens is 195 g/mol. The van der Waals surface area contributed by atoms with Gasteiger partial charge in [-0.15, -0.1) is 0 Å². The molecule has 0 aromatic carbocycles. The van der Waals surface area contributed by atoms with E-state index in [0.717, 1.165) is 0 Å². The molecule has 3 N–H and O–H groups in total. The molecule has 0 aliphatic carbocycles. The van der Waals surface area contributed by atoms with Gasteiger partial charge in [0.15, 0.2) is 0 Å². The van der Waals surface area contributed by atoms with E-state index in [-0.39, 0.29) is 29.6 Å². The van der Waals surface area contributed by atoms with E-state index in [1.807, 2.05) is 0 Å². The molecule has 0 amide bonds. The monoisotopic (exact) mass is 200 g/mol. The third kappa shape index (κ3) is 56.2. The van der Waals surface area contributed by atoms with Crippen LogP contribution in [-0.2, 0) is 9.59 Å². The minimum Gasteiger partial charge on any atom is -0.565 e. The van der Waals surface area contributed by atoms with Crippen LogP contribution in [0.15, 0.2) is 12.2 Å². The smallest absolute Gasteiger partial charge is 0.565 e. The minimum atomic E-state index is -2.08. The normalized spacial score (nSPS) is 7.69. The molecule has 0 fully saturated rings. The van der Waals surface area contributed by atoms with E-state index in [4.69, 9.17) is 25.2 Å². The molecule has 0 saturated heterocycles. The van der Waals surface area contributed by atoms with Crippen LogP contribution in [0, 0.1) is 0 Å². The summed E-state index contributed by atoms with van der Waals surface area (Å²) < 4.78 is 0. The van der Waals surface area contributed by atoms with Crippen molar-refractivity contribution in [1.82, 2.24) is 0 Å². The Morgan fingerprint density at radius 3 is 1.15 bits per heavy atom. The summed E-state index contributed by atoms with van der Waals surface area (Å²) >= 11 is 0. The third-order valence-corrected chi connectivity index (χ3v) is 0.368. The maximum absolute atomic E-state index is 9.55. The van der Waals surface area contributed by atoms with Crippen LogP contribution in [-0.4, -0.2) is 33.4 Å². The zero-order valence-electron chi connectivity index (χ0n) is 6.63. The summed E-state index contributed by atoms with van der Waals surface area (Å²) in [6.07, 6.45) is -0.968. The fraction of sp³-hybridized carbons (Fsp3) is 0. The maximum atomic E-state index is 9.55. The molecule has 0 unspecified atom stereocenters. The molecule has 13 heavy (non-hydrogen) atoms. The summed E-state index contributed by atoms with van der Waals surface area (Å²) in [5, 5.41) is 30.9. The first-order valence-electron chi connectivity index (χ1n) is 2.40. The molecule has 0 saturated carbocycles. The second-order valence-electron chi connectivity index (χ2n) is 1.28. The van der Waals surface area contributed by atoms with Crippen LogP contribution in [0.1, 0.15) is 0 Å². The summed E-state index contributed by atoms with van der Waals surface area (Å²) in [6.45, 7) is 0. The second kappa shape index (κ2) is 11.0. The summed E-state index contributed by atoms with van der Waals surface area (Å²) in [6, 6.07) is 0. The van der Waals surface area contributed by atoms with Gasteiger partial charge >= 0.3 is 41.5 Å². The number of aliphatic carboxylic acids is 2. The molecule has 0 aromatic heterocycles. The van der Waals surface area contributed by atoms with Crippen molar-refractivity contribution in [2.75, 3.05) is 0 Å². The van der Waals surface area contributed by atoms with Gasteiger partial charge in [0.25, 0.3) is 0 Å². The molecule has 7 nitrogen and oxygen atoms in total. The van der Waals surface area contributed by atoms with Gasteiger partial charge in [0.2, 0.25) is 6.16 Å². The quantitative estimate of drug-likeness (QED) is 0.302. The van der Waals surface area contributed by atoms with Crippen LogP contribution in [0.3, 0.4) is 0 Å². The zero-order valence-corrected chi connectivity index (χ0v) is 8.63. The van der Waals surface area contributed by atoms with E-state index in [1.54, 1.807) is 0 Å². The molecule has 0 aromatic rings. The van der Waals surface area contributed by atoms with Gasteiger partial charge in [-0.1, -0.05) is 0 Å².